The van der Waals surface area contributed by atoms with Crippen molar-refractivity contribution in [1.29, 1.82) is 5.26 Å². The number of rotatable bonds is 4. The molecule has 0 aliphatic carbocycles. The van der Waals surface area contributed by atoms with E-state index in [9.17, 15) is 5.26 Å². The maximum Gasteiger partial charge on any atom is 0.191 e. The van der Waals surface area contributed by atoms with Crippen LogP contribution in [-0.4, -0.2) is 29.2 Å². The Kier molecular flexibility index (Phi) is 3.93. The van der Waals surface area contributed by atoms with Crippen LogP contribution in [0.2, 0.25) is 0 Å². The molecular formula is C17H14N4O2. The number of hydrogen-bond donors (Lipinski definition) is 0. The lowest BCUT2D eigenvalue weighted by atomic mass is 10.1. The van der Waals surface area contributed by atoms with Crippen molar-refractivity contribution in [2.45, 2.75) is 0 Å². The van der Waals surface area contributed by atoms with Gasteiger partial charge in [0.2, 0.25) is 0 Å². The lowest BCUT2D eigenvalue weighted by Gasteiger charge is -2.11. The Bertz CT molecular complexity index is 863. The number of nitrogens with zero attached hydrogens (tertiary/aromatic N) is 4. The first kappa shape index (κ1) is 14.6. The van der Waals surface area contributed by atoms with Crippen LogP contribution >= 0.6 is 0 Å². The smallest absolute Gasteiger partial charge is 0.191 e. The SMILES string of the molecule is COc1ccc(-c2c(C#N)nnn2-c2ccccc2OC)cc1. The number of para-hydroxylation sites is 2. The van der Waals surface area contributed by atoms with Crippen molar-refractivity contribution in [3.8, 4) is 34.5 Å². The third kappa shape index (κ3) is 2.60. The summed E-state index contributed by atoms with van der Waals surface area (Å²) in [5, 5.41) is 17.4. The number of hydrogen-bond acceptors (Lipinski definition) is 5. The molecule has 6 nitrogen and oxygen atoms in total. The number of aromatic nitrogens is 3. The predicted molar refractivity (Wildman–Crippen MR) is 84.6 cm³/mol. The van der Waals surface area contributed by atoms with Crippen LogP contribution in [-0.2, 0) is 0 Å². The zero-order valence-corrected chi connectivity index (χ0v) is 12.7. The highest BCUT2D eigenvalue weighted by Gasteiger charge is 2.18. The van der Waals surface area contributed by atoms with Crippen molar-refractivity contribution in [1.82, 2.24) is 15.0 Å². The van der Waals surface area contributed by atoms with Gasteiger partial charge in [-0.2, -0.15) is 5.26 Å². The maximum atomic E-state index is 9.35. The van der Waals surface area contributed by atoms with Crippen LogP contribution in [0, 0.1) is 11.3 Å². The van der Waals surface area contributed by atoms with Gasteiger partial charge in [0.1, 0.15) is 28.9 Å². The van der Waals surface area contributed by atoms with E-state index in [0.29, 0.717) is 11.4 Å². The van der Waals surface area contributed by atoms with E-state index in [2.05, 4.69) is 16.4 Å². The zero-order valence-electron chi connectivity index (χ0n) is 12.7. The van der Waals surface area contributed by atoms with Crippen molar-refractivity contribution in [3.05, 3.63) is 54.2 Å². The van der Waals surface area contributed by atoms with Gasteiger partial charge in [0.15, 0.2) is 5.69 Å². The van der Waals surface area contributed by atoms with Gasteiger partial charge in [-0.25, -0.2) is 4.68 Å². The molecule has 0 N–H and O–H groups in total. The first-order valence-corrected chi connectivity index (χ1v) is 6.92. The molecule has 2 aromatic carbocycles. The molecule has 0 bridgehead atoms. The highest BCUT2D eigenvalue weighted by Crippen LogP contribution is 2.30. The maximum absolute atomic E-state index is 9.35. The quantitative estimate of drug-likeness (QED) is 0.741. The molecule has 0 spiro atoms. The van der Waals surface area contributed by atoms with Gasteiger partial charge in [0, 0.05) is 5.56 Å². The summed E-state index contributed by atoms with van der Waals surface area (Å²) in [5.41, 5.74) is 2.40. The summed E-state index contributed by atoms with van der Waals surface area (Å²) >= 11 is 0. The summed E-state index contributed by atoms with van der Waals surface area (Å²) < 4.78 is 12.2. The molecule has 0 amide bonds. The fraction of sp³-hybridized carbons (Fsp3) is 0.118. The van der Waals surface area contributed by atoms with Gasteiger partial charge in [-0.05, 0) is 36.4 Å². The van der Waals surface area contributed by atoms with Crippen molar-refractivity contribution in [3.63, 3.8) is 0 Å². The van der Waals surface area contributed by atoms with Crippen LogP contribution < -0.4 is 9.47 Å². The normalized spacial score (nSPS) is 10.1. The Morgan fingerprint density at radius 3 is 2.39 bits per heavy atom. The topological polar surface area (TPSA) is 73.0 Å². The molecule has 114 valence electrons. The summed E-state index contributed by atoms with van der Waals surface area (Å²) in [7, 11) is 3.20. The van der Waals surface area contributed by atoms with E-state index < -0.39 is 0 Å². The minimum Gasteiger partial charge on any atom is -0.497 e. The first-order valence-electron chi connectivity index (χ1n) is 6.92. The molecule has 3 rings (SSSR count). The largest absolute Gasteiger partial charge is 0.497 e. The van der Waals surface area contributed by atoms with E-state index in [0.717, 1.165) is 17.0 Å². The Labute approximate surface area is 133 Å². The number of methoxy groups -OCH3 is 2. The average molecular weight is 306 g/mol. The van der Waals surface area contributed by atoms with Gasteiger partial charge < -0.3 is 9.47 Å². The minimum absolute atomic E-state index is 0.251. The summed E-state index contributed by atoms with van der Waals surface area (Å²) in [6.07, 6.45) is 0. The summed E-state index contributed by atoms with van der Waals surface area (Å²) in [6.45, 7) is 0. The molecule has 3 aromatic rings. The lowest BCUT2D eigenvalue weighted by Crippen LogP contribution is -2.02. The van der Waals surface area contributed by atoms with Crippen molar-refractivity contribution < 1.29 is 9.47 Å². The molecule has 0 saturated heterocycles. The van der Waals surface area contributed by atoms with Crippen molar-refractivity contribution in [2.75, 3.05) is 14.2 Å². The van der Waals surface area contributed by atoms with E-state index in [1.807, 2.05) is 48.5 Å². The Hall–Kier alpha value is -3.33. The fourth-order valence-corrected chi connectivity index (χ4v) is 2.34. The number of ether oxygens (including phenoxy) is 2. The van der Waals surface area contributed by atoms with E-state index >= 15 is 0 Å². The second kappa shape index (κ2) is 6.20. The zero-order chi connectivity index (χ0) is 16.2. The molecular weight excluding hydrogens is 292 g/mol. The standard InChI is InChI=1S/C17H14N4O2/c1-22-13-9-7-12(8-10-13)17-14(11-18)19-20-21(17)15-5-3-4-6-16(15)23-2/h3-10H,1-2H3. The number of nitriles is 1. The predicted octanol–water partition coefficient (Wildman–Crippen LogP) is 2.82. The molecule has 0 aliphatic rings. The molecule has 0 fully saturated rings. The highest BCUT2D eigenvalue weighted by molar-refractivity contribution is 5.68. The van der Waals surface area contributed by atoms with Crippen LogP contribution in [0.25, 0.3) is 16.9 Å². The van der Waals surface area contributed by atoms with Crippen LogP contribution in [0.15, 0.2) is 48.5 Å². The molecule has 0 aliphatic heterocycles. The first-order chi connectivity index (χ1) is 11.3. The molecule has 6 heteroatoms. The van der Waals surface area contributed by atoms with E-state index in [1.165, 1.54) is 0 Å². The van der Waals surface area contributed by atoms with Gasteiger partial charge in [-0.3, -0.25) is 0 Å². The Morgan fingerprint density at radius 1 is 1.00 bits per heavy atom. The van der Waals surface area contributed by atoms with Crippen LogP contribution in [0.1, 0.15) is 5.69 Å². The van der Waals surface area contributed by atoms with E-state index in [-0.39, 0.29) is 5.69 Å². The highest BCUT2D eigenvalue weighted by atomic mass is 16.5. The Balaban J connectivity index is 2.20. The molecule has 1 aromatic heterocycles. The molecule has 1 heterocycles. The minimum atomic E-state index is 0.251. The van der Waals surface area contributed by atoms with Crippen LogP contribution in [0.3, 0.4) is 0 Å². The van der Waals surface area contributed by atoms with E-state index in [4.69, 9.17) is 9.47 Å². The lowest BCUT2D eigenvalue weighted by molar-refractivity contribution is 0.411. The summed E-state index contributed by atoms with van der Waals surface area (Å²) in [4.78, 5) is 0. The van der Waals surface area contributed by atoms with Crippen LogP contribution in [0.5, 0.6) is 11.5 Å². The molecule has 0 saturated carbocycles. The van der Waals surface area contributed by atoms with Crippen molar-refractivity contribution >= 4 is 0 Å². The van der Waals surface area contributed by atoms with Crippen molar-refractivity contribution in [2.24, 2.45) is 0 Å². The summed E-state index contributed by atoms with van der Waals surface area (Å²) in [6, 6.07) is 16.9. The third-order valence-electron chi connectivity index (χ3n) is 3.45. The Morgan fingerprint density at radius 2 is 1.74 bits per heavy atom. The molecule has 0 radical (unpaired) electrons. The van der Waals surface area contributed by atoms with Crippen LogP contribution in [0.4, 0.5) is 0 Å². The van der Waals surface area contributed by atoms with Gasteiger partial charge in [-0.1, -0.05) is 17.3 Å². The third-order valence-corrected chi connectivity index (χ3v) is 3.45. The monoisotopic (exact) mass is 306 g/mol. The second-order valence-corrected chi connectivity index (χ2v) is 4.71. The summed E-state index contributed by atoms with van der Waals surface area (Å²) in [5.74, 6) is 1.39. The number of benzene rings is 2. The van der Waals surface area contributed by atoms with Gasteiger partial charge in [0.25, 0.3) is 0 Å². The molecule has 0 unspecified atom stereocenters. The molecule has 23 heavy (non-hydrogen) atoms. The van der Waals surface area contributed by atoms with Gasteiger partial charge in [-0.15, -0.1) is 5.10 Å². The second-order valence-electron chi connectivity index (χ2n) is 4.71. The van der Waals surface area contributed by atoms with Gasteiger partial charge in [0.05, 0.1) is 14.2 Å². The fourth-order valence-electron chi connectivity index (χ4n) is 2.34. The van der Waals surface area contributed by atoms with Gasteiger partial charge >= 0.3 is 0 Å². The van der Waals surface area contributed by atoms with E-state index in [1.54, 1.807) is 18.9 Å². The molecule has 0 atom stereocenters. The average Bonchev–Trinajstić information content (AvgIpc) is 3.05.